The summed E-state index contributed by atoms with van der Waals surface area (Å²) in [6, 6.07) is 45.6. The highest BCUT2D eigenvalue weighted by Gasteiger charge is 2.19. The van der Waals surface area contributed by atoms with Gasteiger partial charge in [-0.25, -0.2) is 0 Å². The molecule has 0 atom stereocenters. The first kappa shape index (κ1) is 26.6. The van der Waals surface area contributed by atoms with Gasteiger partial charge in [-0.05, 0) is 97.4 Å². The number of allylic oxidation sites excluding steroid dienone is 3. The van der Waals surface area contributed by atoms with Gasteiger partial charge in [0.2, 0.25) is 0 Å². The lowest BCUT2D eigenvalue weighted by Crippen LogP contribution is -1.94. The minimum Gasteiger partial charge on any atom is -0.309 e. The van der Waals surface area contributed by atoms with Crippen molar-refractivity contribution in [3.8, 4) is 27.9 Å². The predicted octanol–water partition coefficient (Wildman–Crippen LogP) is 11.0. The van der Waals surface area contributed by atoms with Crippen LogP contribution in [0.15, 0.2) is 159 Å². The van der Waals surface area contributed by atoms with Gasteiger partial charge in [0, 0.05) is 35.1 Å². The number of fused-ring (bicyclic) bond motifs is 6. The van der Waals surface area contributed by atoms with Crippen LogP contribution in [0.1, 0.15) is 5.56 Å². The van der Waals surface area contributed by atoms with Gasteiger partial charge in [-0.1, -0.05) is 104 Å². The highest BCUT2D eigenvalue weighted by molar-refractivity contribution is 6.24. The van der Waals surface area contributed by atoms with Crippen LogP contribution >= 0.6 is 0 Å². The molecule has 6 aromatic carbocycles. The molecule has 8 aromatic rings. The number of hydrogen-bond acceptors (Lipinski definition) is 2. The summed E-state index contributed by atoms with van der Waals surface area (Å²) in [5, 5.41) is 14.9. The number of benzene rings is 6. The predicted molar refractivity (Wildman–Crippen MR) is 191 cm³/mol. The molecule has 0 saturated carbocycles. The minimum absolute atomic E-state index is 0.935. The summed E-state index contributed by atoms with van der Waals surface area (Å²) in [5.74, 6) is 0. The van der Waals surface area contributed by atoms with Gasteiger partial charge < -0.3 is 9.98 Å². The molecule has 2 aromatic heterocycles. The molecule has 0 bridgehead atoms. The zero-order valence-electron chi connectivity index (χ0n) is 24.6. The average molecular weight is 576 g/mol. The topological polar surface area (TPSA) is 41.7 Å². The van der Waals surface area contributed by atoms with Gasteiger partial charge in [-0.3, -0.25) is 4.98 Å². The number of aromatic nitrogens is 2. The Balaban J connectivity index is 1.46. The van der Waals surface area contributed by atoms with Gasteiger partial charge >= 0.3 is 0 Å². The molecule has 0 fully saturated rings. The number of hydrogen-bond donors (Lipinski definition) is 1. The maximum atomic E-state index is 7.64. The Kier molecular flexibility index (Phi) is 6.43. The Hall–Kier alpha value is -6.06. The Morgan fingerprint density at radius 3 is 2.02 bits per heavy atom. The van der Waals surface area contributed by atoms with E-state index in [9.17, 15) is 0 Å². The monoisotopic (exact) mass is 575 g/mol. The highest BCUT2D eigenvalue weighted by atomic mass is 15.0. The molecule has 45 heavy (non-hydrogen) atoms. The van der Waals surface area contributed by atoms with Crippen LogP contribution in [0.25, 0.3) is 76.9 Å². The number of para-hydroxylation sites is 1. The molecule has 0 spiro atoms. The molecule has 3 heteroatoms. The molecule has 0 aliphatic heterocycles. The lowest BCUT2D eigenvalue weighted by atomic mass is 9.91. The summed E-state index contributed by atoms with van der Waals surface area (Å²) in [5.41, 5.74) is 10.1. The zero-order chi connectivity index (χ0) is 30.3. The van der Waals surface area contributed by atoms with E-state index in [1.807, 2.05) is 18.5 Å². The van der Waals surface area contributed by atoms with Gasteiger partial charge in [0.1, 0.15) is 0 Å². The Morgan fingerprint density at radius 1 is 0.600 bits per heavy atom. The molecule has 0 unspecified atom stereocenters. The third-order valence-electron chi connectivity index (χ3n) is 8.81. The van der Waals surface area contributed by atoms with Crippen LogP contribution in [0.4, 0.5) is 0 Å². The van der Waals surface area contributed by atoms with Crippen molar-refractivity contribution in [2.45, 2.75) is 0 Å². The summed E-state index contributed by atoms with van der Waals surface area (Å²) in [7, 11) is 0. The second-order valence-electron chi connectivity index (χ2n) is 11.2. The van der Waals surface area contributed by atoms with Gasteiger partial charge in [0.05, 0.1) is 11.0 Å². The minimum atomic E-state index is 0.935. The molecule has 0 amide bonds. The smallest absolute Gasteiger partial charge is 0.0553 e. The summed E-state index contributed by atoms with van der Waals surface area (Å²) < 4.78 is 2.41. The fourth-order valence-electron chi connectivity index (χ4n) is 6.83. The number of nitrogens with one attached hydrogen (secondary N) is 1. The van der Waals surface area contributed by atoms with Crippen LogP contribution < -0.4 is 0 Å². The highest BCUT2D eigenvalue weighted by Crippen LogP contribution is 2.43. The third-order valence-corrected chi connectivity index (χ3v) is 8.81. The third kappa shape index (κ3) is 4.29. The van der Waals surface area contributed by atoms with Crippen LogP contribution in [0.2, 0.25) is 0 Å². The van der Waals surface area contributed by atoms with Crippen molar-refractivity contribution in [2.24, 2.45) is 0 Å². The molecular weight excluding hydrogens is 546 g/mol. The molecule has 212 valence electrons. The van der Waals surface area contributed by atoms with Crippen molar-refractivity contribution in [1.29, 1.82) is 5.41 Å². The lowest BCUT2D eigenvalue weighted by Gasteiger charge is -2.13. The maximum absolute atomic E-state index is 7.64. The molecule has 2 heterocycles. The van der Waals surface area contributed by atoms with Crippen molar-refractivity contribution in [1.82, 2.24) is 9.55 Å². The quantitative estimate of drug-likeness (QED) is 0.155. The standard InChI is InChI=1S/C42H29N3/c1-2-28(20-23-43)32-18-19-33(35-13-7-6-12-34(32)35)30-16-17-38-40(26-30)45(31-10-4-3-5-11-31)41-27-39(29-21-24-44-25-22-29)36-14-8-9-15-37(36)42(38)41/h2-27,43H,1H2/b28-20+,43-23?. The van der Waals surface area contributed by atoms with E-state index >= 15 is 0 Å². The van der Waals surface area contributed by atoms with Gasteiger partial charge in [-0.2, -0.15) is 0 Å². The first-order valence-electron chi connectivity index (χ1n) is 15.1. The molecule has 0 radical (unpaired) electrons. The second kappa shape index (κ2) is 10.9. The molecule has 3 nitrogen and oxygen atoms in total. The van der Waals surface area contributed by atoms with E-state index in [2.05, 4.69) is 144 Å². The average Bonchev–Trinajstić information content (AvgIpc) is 3.44. The van der Waals surface area contributed by atoms with Crippen LogP contribution in [0.3, 0.4) is 0 Å². The van der Waals surface area contributed by atoms with Crippen molar-refractivity contribution >= 4 is 55.1 Å². The van der Waals surface area contributed by atoms with Crippen LogP contribution in [0.5, 0.6) is 0 Å². The fourth-order valence-corrected chi connectivity index (χ4v) is 6.83. The zero-order valence-corrected chi connectivity index (χ0v) is 24.6. The second-order valence-corrected chi connectivity index (χ2v) is 11.2. The molecule has 0 saturated heterocycles. The van der Waals surface area contributed by atoms with Gasteiger partial charge in [0.15, 0.2) is 0 Å². The van der Waals surface area contributed by atoms with Crippen molar-refractivity contribution in [3.63, 3.8) is 0 Å². The Bertz CT molecular complexity index is 2450. The normalized spacial score (nSPS) is 11.9. The molecule has 1 N–H and O–H groups in total. The maximum Gasteiger partial charge on any atom is 0.0553 e. The van der Waals surface area contributed by atoms with Gasteiger partial charge in [0.25, 0.3) is 0 Å². The van der Waals surface area contributed by atoms with E-state index in [1.54, 1.807) is 6.08 Å². The van der Waals surface area contributed by atoms with Crippen molar-refractivity contribution in [3.05, 3.63) is 164 Å². The summed E-state index contributed by atoms with van der Waals surface area (Å²) in [6.07, 6.45) is 8.66. The first-order chi connectivity index (χ1) is 22.3. The molecule has 0 aliphatic carbocycles. The van der Waals surface area contributed by atoms with Crippen LogP contribution in [-0.2, 0) is 0 Å². The van der Waals surface area contributed by atoms with E-state index < -0.39 is 0 Å². The number of rotatable bonds is 6. The summed E-state index contributed by atoms with van der Waals surface area (Å²) in [6.45, 7) is 4.01. The Morgan fingerprint density at radius 2 is 1.29 bits per heavy atom. The van der Waals surface area contributed by atoms with E-state index in [0.717, 1.165) is 38.9 Å². The lowest BCUT2D eigenvalue weighted by molar-refractivity contribution is 1.18. The largest absolute Gasteiger partial charge is 0.309 e. The number of nitrogens with zero attached hydrogens (tertiary/aromatic N) is 2. The molecule has 0 aliphatic rings. The summed E-state index contributed by atoms with van der Waals surface area (Å²) >= 11 is 0. The van der Waals surface area contributed by atoms with Crippen molar-refractivity contribution < 1.29 is 0 Å². The number of pyridine rings is 1. The van der Waals surface area contributed by atoms with Crippen LogP contribution in [-0.4, -0.2) is 15.8 Å². The van der Waals surface area contributed by atoms with Gasteiger partial charge in [-0.15, -0.1) is 0 Å². The summed E-state index contributed by atoms with van der Waals surface area (Å²) in [4.78, 5) is 4.28. The SMILES string of the molecule is C=C/C(=C\C=N)c1ccc(-c2ccc3c4c5ccccc5c(-c5ccncc5)cc4n(-c4ccccc4)c3c2)c2ccccc12. The first-order valence-corrected chi connectivity index (χ1v) is 15.1. The molecular formula is C42H29N3. The fraction of sp³-hybridized carbons (Fsp3) is 0. The van der Waals surface area contributed by atoms with E-state index in [1.165, 1.54) is 49.8 Å². The van der Waals surface area contributed by atoms with Crippen LogP contribution in [0, 0.1) is 5.41 Å². The molecule has 8 rings (SSSR count). The van der Waals surface area contributed by atoms with Crippen molar-refractivity contribution in [2.75, 3.05) is 0 Å². The van der Waals surface area contributed by atoms with E-state index in [4.69, 9.17) is 5.41 Å². The van der Waals surface area contributed by atoms with E-state index in [-0.39, 0.29) is 0 Å². The Labute approximate surface area is 261 Å². The van der Waals surface area contributed by atoms with E-state index in [0.29, 0.717) is 0 Å².